The first-order valence-corrected chi connectivity index (χ1v) is 4.52. The lowest BCUT2D eigenvalue weighted by Crippen LogP contribution is -2.28. The summed E-state index contributed by atoms with van der Waals surface area (Å²) in [6.07, 6.45) is 0. The number of imidazole rings is 1. The van der Waals surface area contributed by atoms with Gasteiger partial charge in [-0.1, -0.05) is 0 Å². The first kappa shape index (κ1) is 8.48. The third kappa shape index (κ3) is 1.19. The lowest BCUT2D eigenvalue weighted by Gasteiger charge is -1.94. The van der Waals surface area contributed by atoms with Gasteiger partial charge in [0.1, 0.15) is 0 Å². The van der Waals surface area contributed by atoms with E-state index in [9.17, 15) is 9.59 Å². The Bertz CT molecular complexity index is 578. The molecule has 13 heavy (non-hydrogen) atoms. The molecule has 68 valence electrons. The molecule has 0 saturated heterocycles. The Kier molecular flexibility index (Phi) is 1.75. The van der Waals surface area contributed by atoms with Crippen molar-refractivity contribution in [3.63, 3.8) is 0 Å². The summed E-state index contributed by atoms with van der Waals surface area (Å²) in [5, 5.41) is 0. The number of aromatic nitrogens is 4. The smallest absolute Gasteiger partial charge is 0.327 e. The van der Waals surface area contributed by atoms with Crippen LogP contribution in [0.3, 0.4) is 0 Å². The molecule has 0 radical (unpaired) electrons. The summed E-state index contributed by atoms with van der Waals surface area (Å²) < 4.78 is 1.87. The van der Waals surface area contributed by atoms with Gasteiger partial charge < -0.3 is 4.98 Å². The van der Waals surface area contributed by atoms with Gasteiger partial charge in [0.05, 0.1) is 0 Å². The van der Waals surface area contributed by atoms with Gasteiger partial charge in [0.15, 0.2) is 15.0 Å². The lowest BCUT2D eigenvalue weighted by molar-refractivity contribution is 0.832. The first-order valence-electron chi connectivity index (χ1n) is 3.44. The third-order valence-corrected chi connectivity index (χ3v) is 2.24. The molecule has 0 spiro atoms. The zero-order valence-electron chi connectivity index (χ0n) is 6.59. The zero-order valence-corrected chi connectivity index (χ0v) is 8.75. The molecule has 0 unspecified atom stereocenters. The fourth-order valence-corrected chi connectivity index (χ4v) is 1.57. The Morgan fingerprint density at radius 1 is 1.38 bits per heavy atom. The molecule has 0 aliphatic carbocycles. The number of fused-ring (bicyclic) bond motifs is 1. The maximum atomic E-state index is 11.2. The summed E-state index contributed by atoms with van der Waals surface area (Å²) in [6.45, 7) is 0. The number of halogens is 1. The van der Waals surface area contributed by atoms with E-state index < -0.39 is 11.2 Å². The van der Waals surface area contributed by atoms with E-state index in [2.05, 4.69) is 15.0 Å². The Morgan fingerprint density at radius 2 is 2.08 bits per heavy atom. The van der Waals surface area contributed by atoms with Crippen molar-refractivity contribution < 1.29 is 0 Å². The summed E-state index contributed by atoms with van der Waals surface area (Å²) in [6, 6.07) is 0. The summed E-state index contributed by atoms with van der Waals surface area (Å²) >= 11 is 1.94. The number of hydrogen-bond acceptors (Lipinski definition) is 3. The van der Waals surface area contributed by atoms with E-state index in [-0.39, 0.29) is 0 Å². The molecule has 0 atom stereocenters. The van der Waals surface area contributed by atoms with Crippen molar-refractivity contribution in [2.24, 2.45) is 7.05 Å². The molecule has 0 aliphatic heterocycles. The molecule has 2 rings (SSSR count). The lowest BCUT2D eigenvalue weighted by atomic mass is 10.5. The van der Waals surface area contributed by atoms with Gasteiger partial charge in [-0.3, -0.25) is 14.3 Å². The van der Waals surface area contributed by atoms with Crippen molar-refractivity contribution in [2.75, 3.05) is 0 Å². The number of nitrogens with one attached hydrogen (secondary N) is 2. The van der Waals surface area contributed by atoms with Crippen LogP contribution < -0.4 is 11.2 Å². The minimum Gasteiger partial charge on any atom is -0.327 e. The molecule has 7 heteroatoms. The fraction of sp³-hybridized carbons (Fsp3) is 0.167. The van der Waals surface area contributed by atoms with Crippen LogP contribution in [-0.2, 0) is 7.05 Å². The summed E-state index contributed by atoms with van der Waals surface area (Å²) in [7, 11) is 1.55. The first-order chi connectivity index (χ1) is 6.09. The fourth-order valence-electron chi connectivity index (χ4n) is 1.08. The predicted molar refractivity (Wildman–Crippen MR) is 54.7 cm³/mol. The second-order valence-electron chi connectivity index (χ2n) is 2.54. The van der Waals surface area contributed by atoms with Crippen molar-refractivity contribution in [2.45, 2.75) is 0 Å². The van der Waals surface area contributed by atoms with Crippen LogP contribution in [0, 0.1) is 3.83 Å². The standard InChI is InChI=1S/C6H5IN4O2/c1-11-3-2(8-5(7)9-3)4(12)10-6(11)13/h1H3,(H,8,9)(H,10,12,13). The van der Waals surface area contributed by atoms with Crippen molar-refractivity contribution >= 4 is 33.8 Å². The molecule has 0 saturated carbocycles. The number of aryl methyl sites for hydroxylation is 1. The molecule has 2 N–H and O–H groups in total. The van der Waals surface area contributed by atoms with E-state index in [1.54, 1.807) is 7.05 Å². The van der Waals surface area contributed by atoms with Crippen molar-refractivity contribution in [3.05, 3.63) is 24.7 Å². The molecule has 0 aromatic carbocycles. The van der Waals surface area contributed by atoms with Gasteiger partial charge in [0.25, 0.3) is 5.56 Å². The topological polar surface area (TPSA) is 83.5 Å². The Hall–Kier alpha value is -1.12. The molecule has 0 amide bonds. The molecule has 2 aromatic heterocycles. The van der Waals surface area contributed by atoms with E-state index >= 15 is 0 Å². The molecule has 0 bridgehead atoms. The third-order valence-electron chi connectivity index (χ3n) is 1.73. The van der Waals surface area contributed by atoms with Crippen molar-refractivity contribution in [1.82, 2.24) is 19.5 Å². The number of rotatable bonds is 0. The van der Waals surface area contributed by atoms with Crippen LogP contribution in [0.25, 0.3) is 11.2 Å². The highest BCUT2D eigenvalue weighted by Crippen LogP contribution is 2.04. The highest BCUT2D eigenvalue weighted by molar-refractivity contribution is 14.1. The molecule has 0 aliphatic rings. The van der Waals surface area contributed by atoms with E-state index in [1.165, 1.54) is 4.57 Å². The molecule has 0 fully saturated rings. The Labute approximate surface area is 85.1 Å². The summed E-state index contributed by atoms with van der Waals surface area (Å²) in [5.74, 6) is 0. The SMILES string of the molecule is Cn1c(=O)[nH]c(=O)c2[nH]c(I)nc21. The van der Waals surface area contributed by atoms with Gasteiger partial charge in [-0.15, -0.1) is 0 Å². The van der Waals surface area contributed by atoms with Crippen LogP contribution in [0.2, 0.25) is 0 Å². The largest absolute Gasteiger partial charge is 0.329 e. The van der Waals surface area contributed by atoms with Gasteiger partial charge in [-0.25, -0.2) is 9.78 Å². The summed E-state index contributed by atoms with van der Waals surface area (Å²) in [4.78, 5) is 31.3. The van der Waals surface area contributed by atoms with E-state index in [0.29, 0.717) is 15.0 Å². The molecular weight excluding hydrogens is 287 g/mol. The monoisotopic (exact) mass is 292 g/mol. The molecule has 2 aromatic rings. The Balaban J connectivity index is 3.13. The maximum absolute atomic E-state index is 11.2. The second-order valence-corrected chi connectivity index (χ2v) is 3.57. The van der Waals surface area contributed by atoms with Gasteiger partial charge in [0.2, 0.25) is 0 Å². The summed E-state index contributed by atoms with van der Waals surface area (Å²) in [5.41, 5.74) is -0.196. The molecule has 6 nitrogen and oxygen atoms in total. The molecular formula is C6H5IN4O2. The van der Waals surface area contributed by atoms with E-state index in [1.807, 2.05) is 22.6 Å². The average molecular weight is 292 g/mol. The van der Waals surface area contributed by atoms with E-state index in [4.69, 9.17) is 0 Å². The predicted octanol–water partition coefficient (Wildman–Crippen LogP) is -0.446. The molecule has 2 heterocycles. The number of H-pyrrole nitrogens is 2. The van der Waals surface area contributed by atoms with Crippen molar-refractivity contribution in [1.29, 1.82) is 0 Å². The van der Waals surface area contributed by atoms with Crippen LogP contribution in [0.4, 0.5) is 0 Å². The van der Waals surface area contributed by atoms with Gasteiger partial charge in [-0.2, -0.15) is 0 Å². The minimum atomic E-state index is -0.458. The normalized spacial score (nSPS) is 10.9. The van der Waals surface area contributed by atoms with Crippen molar-refractivity contribution in [3.8, 4) is 0 Å². The zero-order chi connectivity index (χ0) is 9.59. The second kappa shape index (κ2) is 2.69. The van der Waals surface area contributed by atoms with Gasteiger partial charge >= 0.3 is 5.69 Å². The van der Waals surface area contributed by atoms with Crippen LogP contribution >= 0.6 is 22.6 Å². The number of nitrogens with zero attached hydrogens (tertiary/aromatic N) is 2. The van der Waals surface area contributed by atoms with Gasteiger partial charge in [-0.05, 0) is 22.6 Å². The van der Waals surface area contributed by atoms with Gasteiger partial charge in [0, 0.05) is 7.05 Å². The van der Waals surface area contributed by atoms with Crippen LogP contribution in [-0.4, -0.2) is 19.5 Å². The number of aromatic amines is 2. The quantitative estimate of drug-likeness (QED) is 0.510. The highest BCUT2D eigenvalue weighted by Gasteiger charge is 2.08. The number of hydrogen-bond donors (Lipinski definition) is 2. The highest BCUT2D eigenvalue weighted by atomic mass is 127. The minimum absolute atomic E-state index is 0.325. The average Bonchev–Trinajstić information content (AvgIpc) is 2.44. The van der Waals surface area contributed by atoms with Crippen LogP contribution in [0.5, 0.6) is 0 Å². The Morgan fingerprint density at radius 3 is 2.77 bits per heavy atom. The van der Waals surface area contributed by atoms with Crippen LogP contribution in [0.1, 0.15) is 0 Å². The van der Waals surface area contributed by atoms with E-state index in [0.717, 1.165) is 0 Å². The maximum Gasteiger partial charge on any atom is 0.329 e. The van der Waals surface area contributed by atoms with Crippen LogP contribution in [0.15, 0.2) is 9.59 Å².